The van der Waals surface area contributed by atoms with Gasteiger partial charge in [0.05, 0.1) is 0 Å². The molecule has 0 heterocycles. The van der Waals surface area contributed by atoms with Crippen molar-refractivity contribution in [3.63, 3.8) is 0 Å². The molecule has 14 valence electrons. The predicted molar refractivity (Wildman–Crippen MR) is 14.3 cm³/mol. The molecule has 0 aromatic heterocycles. The average Bonchev–Trinajstić information content (AvgIpc) is 0. The minimum atomic E-state index is 0. The molecule has 0 aliphatic rings. The van der Waals surface area contributed by atoms with Gasteiger partial charge in [-0.25, -0.2) is 0 Å². The minimum absolute atomic E-state index is 0. The van der Waals surface area contributed by atoms with Gasteiger partial charge in [-0.3, -0.25) is 0 Å². The van der Waals surface area contributed by atoms with E-state index < -0.39 is 0 Å². The van der Waals surface area contributed by atoms with Crippen molar-refractivity contribution >= 4 is 80.9 Å². The Kier molecular flexibility index (Phi) is 99.2. The van der Waals surface area contributed by atoms with Crippen LogP contribution < -0.4 is 0 Å². The quantitative estimate of drug-likeness (QED) is 0.412. The third-order valence-corrected chi connectivity index (χ3v) is 0. The molecular formula is H2FeKNaZn. The van der Waals surface area contributed by atoms with Crippen molar-refractivity contribution in [2.45, 2.75) is 0 Å². The molecule has 0 aromatic carbocycles. The van der Waals surface area contributed by atoms with E-state index in [4.69, 9.17) is 0 Å². The van der Waals surface area contributed by atoms with Crippen molar-refractivity contribution in [3.8, 4) is 0 Å². The van der Waals surface area contributed by atoms with Crippen LogP contribution in [0, 0.1) is 0 Å². The van der Waals surface area contributed by atoms with Gasteiger partial charge in [0.1, 0.15) is 0 Å². The van der Waals surface area contributed by atoms with Crippen LogP contribution in [0.3, 0.4) is 0 Å². The normalized spacial score (nSPS) is 0. The summed E-state index contributed by atoms with van der Waals surface area (Å²) in [6.45, 7) is 0. The van der Waals surface area contributed by atoms with E-state index in [-0.39, 0.29) is 117 Å². The smallest absolute Gasteiger partial charge is 0 e. The van der Waals surface area contributed by atoms with E-state index >= 15 is 0 Å². The summed E-state index contributed by atoms with van der Waals surface area (Å²) < 4.78 is 0. The Balaban J connectivity index is 0. The van der Waals surface area contributed by atoms with Gasteiger partial charge < -0.3 is 0 Å². The van der Waals surface area contributed by atoms with Gasteiger partial charge >= 0.3 is 80.9 Å². The van der Waals surface area contributed by atoms with Gasteiger partial charge in [0.15, 0.2) is 0 Å². The maximum absolute atomic E-state index is 0. The Hall–Kier alpha value is 3.78. The molecule has 0 amide bonds. The maximum Gasteiger partial charge on any atom is 0 e. The summed E-state index contributed by atoms with van der Waals surface area (Å²) in [6.07, 6.45) is 0. The fourth-order valence-corrected chi connectivity index (χ4v) is 0. The van der Waals surface area contributed by atoms with Crippen LogP contribution in [0.25, 0.3) is 0 Å². The molecule has 0 bridgehead atoms. The van der Waals surface area contributed by atoms with Crippen LogP contribution in [-0.2, 0) is 36.5 Å². The molecule has 0 nitrogen and oxygen atoms in total. The molecule has 0 atom stereocenters. The fourth-order valence-electron chi connectivity index (χ4n) is 0. The topological polar surface area (TPSA) is 0 Å². The van der Waals surface area contributed by atoms with Crippen molar-refractivity contribution in [1.29, 1.82) is 0 Å². The van der Waals surface area contributed by atoms with Gasteiger partial charge in [-0.05, 0) is 0 Å². The molecule has 0 radical (unpaired) electrons. The minimum Gasteiger partial charge on any atom is 0 e. The van der Waals surface area contributed by atoms with E-state index in [1.165, 1.54) is 0 Å². The second-order valence-corrected chi connectivity index (χ2v) is 0. The van der Waals surface area contributed by atoms with Crippen LogP contribution in [-0.4, -0.2) is 80.9 Å². The van der Waals surface area contributed by atoms with Crippen LogP contribution in [0.15, 0.2) is 0 Å². The maximum atomic E-state index is 0. The van der Waals surface area contributed by atoms with Gasteiger partial charge in [0.2, 0.25) is 0 Å². The monoisotopic (exact) mass is 184 g/mol. The summed E-state index contributed by atoms with van der Waals surface area (Å²) >= 11 is 0. The molecule has 0 rings (SSSR count). The summed E-state index contributed by atoms with van der Waals surface area (Å²) in [5.74, 6) is 0. The van der Waals surface area contributed by atoms with E-state index in [2.05, 4.69) is 0 Å². The zero-order valence-electron chi connectivity index (χ0n) is 1.06. The predicted octanol–water partition coefficient (Wildman–Crippen LogP) is -1.30. The Bertz CT molecular complexity index is 8.00. The first-order valence-corrected chi connectivity index (χ1v) is 0. The number of hydrogen-bond acceptors (Lipinski definition) is 0. The van der Waals surface area contributed by atoms with Gasteiger partial charge in [0.25, 0.3) is 0 Å². The Morgan fingerprint density at radius 3 is 1.00 bits per heavy atom. The number of hydrogen-bond donors (Lipinski definition) is 0. The average molecular weight is 185 g/mol. The zero-order valence-corrected chi connectivity index (χ0v) is 5.13. The van der Waals surface area contributed by atoms with Crippen molar-refractivity contribution in [1.82, 2.24) is 0 Å². The first kappa shape index (κ1) is 25.0. The summed E-state index contributed by atoms with van der Waals surface area (Å²) in [5, 5.41) is 0. The van der Waals surface area contributed by atoms with E-state index in [0.717, 1.165) is 0 Å². The summed E-state index contributed by atoms with van der Waals surface area (Å²) in [6, 6.07) is 0. The first-order valence-electron chi connectivity index (χ1n) is 0. The Morgan fingerprint density at radius 2 is 1.00 bits per heavy atom. The molecule has 0 spiro atoms. The SMILES string of the molecule is [Fe].[KH].[NaH].[Zn]. The van der Waals surface area contributed by atoms with E-state index in [0.29, 0.717) is 0 Å². The molecular weight excluding hydrogens is 183 g/mol. The van der Waals surface area contributed by atoms with E-state index in [1.54, 1.807) is 0 Å². The van der Waals surface area contributed by atoms with Crippen LogP contribution in [0.5, 0.6) is 0 Å². The van der Waals surface area contributed by atoms with E-state index in [1.807, 2.05) is 0 Å². The van der Waals surface area contributed by atoms with Crippen LogP contribution in [0.4, 0.5) is 0 Å². The Morgan fingerprint density at radius 1 is 1.00 bits per heavy atom. The van der Waals surface area contributed by atoms with Crippen molar-refractivity contribution < 1.29 is 36.5 Å². The summed E-state index contributed by atoms with van der Waals surface area (Å²) in [7, 11) is 0. The molecule has 4 heteroatoms. The summed E-state index contributed by atoms with van der Waals surface area (Å²) in [5.41, 5.74) is 0. The van der Waals surface area contributed by atoms with Crippen LogP contribution in [0.2, 0.25) is 0 Å². The van der Waals surface area contributed by atoms with Crippen molar-refractivity contribution in [2.75, 3.05) is 0 Å². The largest absolute Gasteiger partial charge is 0 e. The van der Waals surface area contributed by atoms with Gasteiger partial charge in [-0.2, -0.15) is 0 Å². The third kappa shape index (κ3) is 9.24. The molecule has 0 fully saturated rings. The molecule has 4 heavy (non-hydrogen) atoms. The van der Waals surface area contributed by atoms with Gasteiger partial charge in [-0.1, -0.05) is 0 Å². The number of rotatable bonds is 0. The van der Waals surface area contributed by atoms with Crippen molar-refractivity contribution in [2.24, 2.45) is 0 Å². The molecule has 0 aromatic rings. The first-order chi connectivity index (χ1) is 0. The molecule has 0 aliphatic carbocycles. The summed E-state index contributed by atoms with van der Waals surface area (Å²) in [4.78, 5) is 0. The Labute approximate surface area is 114 Å². The van der Waals surface area contributed by atoms with Gasteiger partial charge in [0, 0.05) is 36.5 Å². The second-order valence-electron chi connectivity index (χ2n) is 0. The molecule has 0 N–H and O–H groups in total. The fraction of sp³-hybridized carbons (Fsp3) is 0. The third-order valence-electron chi connectivity index (χ3n) is 0. The van der Waals surface area contributed by atoms with Gasteiger partial charge in [-0.15, -0.1) is 0 Å². The van der Waals surface area contributed by atoms with Crippen LogP contribution in [0.1, 0.15) is 0 Å². The van der Waals surface area contributed by atoms with E-state index in [9.17, 15) is 0 Å². The van der Waals surface area contributed by atoms with Crippen molar-refractivity contribution in [3.05, 3.63) is 0 Å². The standard InChI is InChI=1S/Fe.K.Na.Zn.2H. The second kappa shape index (κ2) is 15.9. The molecule has 0 saturated heterocycles. The van der Waals surface area contributed by atoms with Crippen LogP contribution >= 0.6 is 0 Å². The zero-order chi connectivity index (χ0) is 0. The molecule has 0 unspecified atom stereocenters. The molecule has 0 saturated carbocycles. The molecule has 0 aliphatic heterocycles.